The summed E-state index contributed by atoms with van der Waals surface area (Å²) >= 11 is 4.99. The second kappa shape index (κ2) is 4.93. The molecule has 85 valence electrons. The number of hydrogen-bond acceptors (Lipinski definition) is 2. The van der Waals surface area contributed by atoms with E-state index in [0.29, 0.717) is 16.9 Å². The molecule has 4 heteroatoms. The smallest absolute Gasteiger partial charge is 0.258 e. The first-order valence-electron chi connectivity index (χ1n) is 5.16. The van der Waals surface area contributed by atoms with Crippen molar-refractivity contribution < 1.29 is 4.92 Å². The van der Waals surface area contributed by atoms with E-state index in [4.69, 9.17) is 12.6 Å². The van der Waals surface area contributed by atoms with Crippen molar-refractivity contribution in [3.63, 3.8) is 0 Å². The summed E-state index contributed by atoms with van der Waals surface area (Å²) in [6, 6.07) is 9.52. The number of benzene rings is 1. The Morgan fingerprint density at radius 2 is 2.00 bits per heavy atom. The van der Waals surface area contributed by atoms with Gasteiger partial charge in [-0.1, -0.05) is 49.0 Å². The zero-order valence-electron chi connectivity index (χ0n) is 9.00. The highest BCUT2D eigenvalue weighted by Gasteiger charge is 2.23. The van der Waals surface area contributed by atoms with Gasteiger partial charge in [0.1, 0.15) is 4.91 Å². The van der Waals surface area contributed by atoms with Gasteiger partial charge in [-0.05, 0) is 24.1 Å². The summed E-state index contributed by atoms with van der Waals surface area (Å²) in [4.78, 5) is 10.9. The average molecular weight is 244 g/mol. The molecule has 0 atom stereocenters. The number of allylic oxidation sites excluding steroid dienone is 3. The Morgan fingerprint density at radius 3 is 2.65 bits per heavy atom. The lowest BCUT2D eigenvalue weighted by molar-refractivity contribution is -0.421. The van der Waals surface area contributed by atoms with Gasteiger partial charge in [-0.15, -0.1) is 0 Å². The minimum absolute atomic E-state index is 0.0475. The number of hydrogen-bond donors (Lipinski definition) is 0. The third-order valence-electron chi connectivity index (χ3n) is 2.47. The molecular formula is C13H10NO2S. The minimum atomic E-state index is -0.402. The highest BCUT2D eigenvalue weighted by atomic mass is 32.1. The van der Waals surface area contributed by atoms with E-state index in [2.05, 4.69) is 0 Å². The second-order valence-electron chi connectivity index (χ2n) is 3.66. The molecule has 0 fully saturated rings. The van der Waals surface area contributed by atoms with E-state index in [-0.39, 0.29) is 5.70 Å². The van der Waals surface area contributed by atoms with Gasteiger partial charge in [0, 0.05) is 5.57 Å². The van der Waals surface area contributed by atoms with Gasteiger partial charge in [-0.25, -0.2) is 0 Å². The van der Waals surface area contributed by atoms with Gasteiger partial charge >= 0.3 is 0 Å². The Hall–Kier alpha value is -1.94. The average Bonchev–Trinajstić information content (AvgIpc) is 2.30. The van der Waals surface area contributed by atoms with Crippen molar-refractivity contribution in [1.29, 1.82) is 0 Å². The van der Waals surface area contributed by atoms with Gasteiger partial charge in [0.2, 0.25) is 0 Å². The lowest BCUT2D eigenvalue weighted by Gasteiger charge is -2.08. The summed E-state index contributed by atoms with van der Waals surface area (Å²) in [7, 11) is 0. The number of rotatable bonds is 2. The molecule has 0 aromatic heterocycles. The van der Waals surface area contributed by atoms with Crippen molar-refractivity contribution in [3.05, 3.63) is 74.3 Å². The van der Waals surface area contributed by atoms with Crippen LogP contribution in [0.4, 0.5) is 0 Å². The lowest BCUT2D eigenvalue weighted by Crippen LogP contribution is -2.06. The van der Waals surface area contributed by atoms with Crippen molar-refractivity contribution >= 4 is 18.7 Å². The fourth-order valence-electron chi connectivity index (χ4n) is 1.71. The molecule has 3 nitrogen and oxygen atoms in total. The lowest BCUT2D eigenvalue weighted by atomic mass is 10.0. The minimum Gasteiger partial charge on any atom is -0.258 e. The van der Waals surface area contributed by atoms with Crippen molar-refractivity contribution in [2.45, 2.75) is 6.42 Å². The quantitative estimate of drug-likeness (QED) is 0.588. The Morgan fingerprint density at radius 1 is 1.29 bits per heavy atom. The van der Waals surface area contributed by atoms with Gasteiger partial charge in [0.25, 0.3) is 5.70 Å². The van der Waals surface area contributed by atoms with Crippen LogP contribution < -0.4 is 0 Å². The van der Waals surface area contributed by atoms with Crippen LogP contribution in [0.2, 0.25) is 0 Å². The van der Waals surface area contributed by atoms with Crippen molar-refractivity contribution in [1.82, 2.24) is 0 Å². The molecule has 1 aliphatic rings. The molecule has 1 radical (unpaired) electrons. The molecule has 2 rings (SSSR count). The Kier molecular flexibility index (Phi) is 3.35. The third kappa shape index (κ3) is 2.60. The predicted molar refractivity (Wildman–Crippen MR) is 69.8 cm³/mol. The highest BCUT2D eigenvalue weighted by molar-refractivity contribution is 7.84. The van der Waals surface area contributed by atoms with E-state index < -0.39 is 4.92 Å². The van der Waals surface area contributed by atoms with Gasteiger partial charge in [-0.2, -0.15) is 0 Å². The standard InChI is InChI=1S/C13H10NO2S/c15-14(16)13-11(7-4-8-12(13)17)9-10-5-2-1-3-6-10/h1-6,8-9H,7H2. The first-order valence-corrected chi connectivity index (χ1v) is 5.57. The predicted octanol–water partition coefficient (Wildman–Crippen LogP) is 3.72. The summed E-state index contributed by atoms with van der Waals surface area (Å²) in [6.07, 6.45) is 5.83. The summed E-state index contributed by atoms with van der Waals surface area (Å²) in [5.41, 5.74) is 1.65. The van der Waals surface area contributed by atoms with Crippen LogP contribution >= 0.6 is 12.6 Å². The molecular weight excluding hydrogens is 234 g/mol. The van der Waals surface area contributed by atoms with E-state index >= 15 is 0 Å². The van der Waals surface area contributed by atoms with Crippen LogP contribution in [0.3, 0.4) is 0 Å². The molecule has 0 unspecified atom stereocenters. The fourth-order valence-corrected chi connectivity index (χ4v) is 2.01. The van der Waals surface area contributed by atoms with E-state index in [1.54, 1.807) is 6.08 Å². The normalized spacial score (nSPS) is 17.5. The number of nitrogens with zero attached hydrogens (tertiary/aromatic N) is 1. The topological polar surface area (TPSA) is 43.1 Å². The van der Waals surface area contributed by atoms with E-state index in [1.165, 1.54) is 0 Å². The van der Waals surface area contributed by atoms with E-state index in [1.807, 2.05) is 42.5 Å². The molecule has 0 amide bonds. The summed E-state index contributed by atoms with van der Waals surface area (Å²) in [5, 5.41) is 11.0. The van der Waals surface area contributed by atoms with Crippen LogP contribution in [-0.4, -0.2) is 4.92 Å². The monoisotopic (exact) mass is 244 g/mol. The molecule has 17 heavy (non-hydrogen) atoms. The first-order chi connectivity index (χ1) is 8.18. The maximum absolute atomic E-state index is 11.0. The zero-order valence-corrected chi connectivity index (χ0v) is 9.81. The third-order valence-corrected chi connectivity index (χ3v) is 2.80. The molecule has 0 saturated heterocycles. The Labute approximate surface area is 105 Å². The largest absolute Gasteiger partial charge is 0.290 e. The van der Waals surface area contributed by atoms with Crippen LogP contribution in [0.25, 0.3) is 6.08 Å². The molecule has 0 heterocycles. The molecule has 1 aromatic carbocycles. The van der Waals surface area contributed by atoms with Gasteiger partial charge in [0.15, 0.2) is 0 Å². The first kappa shape index (κ1) is 11.5. The maximum atomic E-state index is 11.0. The second-order valence-corrected chi connectivity index (χ2v) is 4.10. The molecule has 0 bridgehead atoms. The summed E-state index contributed by atoms with van der Waals surface area (Å²) in [5.74, 6) is 0. The summed E-state index contributed by atoms with van der Waals surface area (Å²) < 4.78 is 0. The molecule has 0 spiro atoms. The maximum Gasteiger partial charge on any atom is 0.290 e. The van der Waals surface area contributed by atoms with E-state index in [9.17, 15) is 10.1 Å². The highest BCUT2D eigenvalue weighted by Crippen LogP contribution is 2.28. The Bertz CT molecular complexity index is 530. The summed E-state index contributed by atoms with van der Waals surface area (Å²) in [6.45, 7) is 0. The van der Waals surface area contributed by atoms with Crippen LogP contribution in [0, 0.1) is 10.1 Å². The van der Waals surface area contributed by atoms with Crippen molar-refractivity contribution in [2.75, 3.05) is 0 Å². The number of nitro groups is 1. The van der Waals surface area contributed by atoms with Crippen molar-refractivity contribution in [3.8, 4) is 0 Å². The van der Waals surface area contributed by atoms with Gasteiger partial charge in [0.05, 0.1) is 4.92 Å². The van der Waals surface area contributed by atoms with Gasteiger partial charge in [-0.3, -0.25) is 10.1 Å². The Balaban J connectivity index is 2.43. The molecule has 0 N–H and O–H groups in total. The molecule has 0 saturated carbocycles. The van der Waals surface area contributed by atoms with Crippen LogP contribution in [0.1, 0.15) is 12.0 Å². The van der Waals surface area contributed by atoms with Crippen LogP contribution in [0.15, 0.2) is 58.7 Å². The zero-order chi connectivity index (χ0) is 12.3. The molecule has 1 aromatic rings. The molecule has 0 aliphatic heterocycles. The molecule has 1 aliphatic carbocycles. The fraction of sp³-hybridized carbons (Fsp3) is 0.0769. The van der Waals surface area contributed by atoms with E-state index in [0.717, 1.165) is 5.56 Å². The van der Waals surface area contributed by atoms with Crippen LogP contribution in [-0.2, 0) is 0 Å². The van der Waals surface area contributed by atoms with Crippen molar-refractivity contribution in [2.24, 2.45) is 0 Å². The van der Waals surface area contributed by atoms with Crippen LogP contribution in [0.5, 0.6) is 0 Å². The van der Waals surface area contributed by atoms with Gasteiger partial charge < -0.3 is 0 Å². The SMILES string of the molecule is O=[N+]([O-])C1=C([S])C=CCC1=Cc1ccccc1.